The van der Waals surface area contributed by atoms with E-state index >= 15 is 0 Å². The molecule has 0 amide bonds. The van der Waals surface area contributed by atoms with Gasteiger partial charge in [-0.2, -0.15) is 0 Å². The van der Waals surface area contributed by atoms with E-state index in [-0.39, 0.29) is 30.0 Å². The van der Waals surface area contributed by atoms with Crippen molar-refractivity contribution in [3.63, 3.8) is 0 Å². The largest absolute Gasteiger partial charge is 0.487 e. The van der Waals surface area contributed by atoms with Crippen molar-refractivity contribution in [3.05, 3.63) is 44.5 Å². The molecule has 2 heterocycles. The minimum atomic E-state index is -0.999. The van der Waals surface area contributed by atoms with Crippen LogP contribution in [0.1, 0.15) is 262 Å². The van der Waals surface area contributed by atoms with Crippen LogP contribution < -0.4 is 18.9 Å². The van der Waals surface area contributed by atoms with Crippen LogP contribution in [-0.4, -0.2) is 34.2 Å². The van der Waals surface area contributed by atoms with Gasteiger partial charge in [-0.15, -0.1) is 0 Å². The second-order valence-corrected chi connectivity index (χ2v) is 24.8. The van der Waals surface area contributed by atoms with Crippen molar-refractivity contribution in [2.75, 3.05) is 0 Å². The number of fused-ring (bicyclic) bond motifs is 2. The molecule has 2 aliphatic rings. The summed E-state index contributed by atoms with van der Waals surface area (Å²) in [6, 6.07) is 0. The van der Waals surface area contributed by atoms with Crippen LogP contribution in [0, 0.1) is 77.0 Å². The zero-order chi connectivity index (χ0) is 53.9. The maximum atomic E-state index is 12.2. The Morgan fingerprint density at radius 3 is 1.15 bits per heavy atom. The van der Waals surface area contributed by atoms with Gasteiger partial charge in [-0.05, 0) is 176 Å². The molecule has 1 N–H and O–H groups in total. The predicted octanol–water partition coefficient (Wildman–Crippen LogP) is 18.0. The monoisotopic (exact) mass is 1000 g/mol. The summed E-state index contributed by atoms with van der Waals surface area (Å²) in [7, 11) is 0. The average Bonchev–Trinajstić information content (AvgIpc) is 3.29. The number of aliphatic carboxylic acids is 1. The van der Waals surface area contributed by atoms with E-state index in [0.29, 0.717) is 5.75 Å². The molecule has 0 saturated heterocycles. The first kappa shape index (κ1) is 62.7. The van der Waals surface area contributed by atoms with Crippen molar-refractivity contribution < 1.29 is 38.4 Å². The van der Waals surface area contributed by atoms with Crippen LogP contribution in [0.3, 0.4) is 0 Å². The number of ether oxygens (including phenoxy) is 4. The second-order valence-electron chi connectivity index (χ2n) is 24.8. The lowest BCUT2D eigenvalue weighted by atomic mass is 9.83. The fourth-order valence-electron chi connectivity index (χ4n) is 11.3. The Labute approximate surface area is 440 Å². The lowest BCUT2D eigenvalue weighted by Gasteiger charge is -2.38. The van der Waals surface area contributed by atoms with Gasteiger partial charge in [-0.25, -0.2) is 0 Å². The van der Waals surface area contributed by atoms with Gasteiger partial charge < -0.3 is 24.1 Å². The molecule has 6 atom stereocenters. The second kappa shape index (κ2) is 30.1. The number of esters is 2. The Morgan fingerprint density at radius 1 is 0.486 bits per heavy atom. The highest BCUT2D eigenvalue weighted by atomic mass is 16.5. The van der Waals surface area contributed by atoms with Crippen molar-refractivity contribution in [2.24, 2.45) is 35.5 Å². The quantitative estimate of drug-likeness (QED) is 0.0634. The zero-order valence-corrected chi connectivity index (χ0v) is 49.2. The Hall–Kier alpha value is -3.55. The molecule has 0 saturated carbocycles. The van der Waals surface area contributed by atoms with Gasteiger partial charge in [0.2, 0.25) is 0 Å². The number of benzene rings is 2. The number of hydrogen-bond acceptors (Lipinski definition) is 7. The number of carbonyl (C=O) groups excluding carboxylic acids is 2. The molecule has 0 aliphatic carbocycles. The Morgan fingerprint density at radius 2 is 0.819 bits per heavy atom. The summed E-state index contributed by atoms with van der Waals surface area (Å²) in [5, 5.41) is 8.85. The molecule has 0 aromatic heterocycles. The topological polar surface area (TPSA) is 108 Å². The van der Waals surface area contributed by atoms with Crippen LogP contribution in [0.5, 0.6) is 23.0 Å². The van der Waals surface area contributed by atoms with E-state index in [1.165, 1.54) is 115 Å². The molecule has 8 heteroatoms. The van der Waals surface area contributed by atoms with E-state index in [1.54, 1.807) is 0 Å². The van der Waals surface area contributed by atoms with E-state index in [1.807, 2.05) is 27.7 Å². The van der Waals surface area contributed by atoms with Crippen LogP contribution in [-0.2, 0) is 27.2 Å². The molecule has 0 unspecified atom stereocenters. The molecule has 2 aliphatic heterocycles. The molecule has 8 nitrogen and oxygen atoms in total. The third-order valence-corrected chi connectivity index (χ3v) is 16.7. The van der Waals surface area contributed by atoms with Crippen LogP contribution in [0.2, 0.25) is 0 Å². The van der Waals surface area contributed by atoms with Crippen molar-refractivity contribution in [1.82, 2.24) is 0 Å². The molecule has 2 aromatic rings. The minimum absolute atomic E-state index is 0.107. The normalized spacial score (nSPS) is 19.0. The number of hydrogen-bond donors (Lipinski definition) is 1. The van der Waals surface area contributed by atoms with E-state index in [4.69, 9.17) is 24.1 Å². The van der Waals surface area contributed by atoms with Crippen molar-refractivity contribution in [3.8, 4) is 23.0 Å². The standard InChI is InChI=1S/C33H54O5.C31H52O3/c1-22(2)12-9-13-23(3)14-10-15-24(4)16-11-20-33(8)21-19-28-27(7)31(25(5)26(6)32(28)38-33)37-30(36)18-17-29(34)35;1-21(2)13-10-14-22(3)15-11-16-23(4)17-12-19-31(9)20-18-28-26(7)29(33-27(8)32)24(5)25(6)30(28)34-31/h22-24H,9-21H2,1-8H3,(H,34,35);21-23H,10-20H2,1-9H3/t23-,24-,33-;22-,23-,31-/m11/s1. The molecular weight excluding hydrogens is 897 g/mol. The van der Waals surface area contributed by atoms with Gasteiger partial charge in [0.15, 0.2) is 0 Å². The van der Waals surface area contributed by atoms with Crippen molar-refractivity contribution in [2.45, 2.75) is 283 Å². The van der Waals surface area contributed by atoms with Gasteiger partial charge in [-0.1, -0.05) is 145 Å². The summed E-state index contributed by atoms with van der Waals surface area (Å²) < 4.78 is 24.5. The Kier molecular flexibility index (Phi) is 26.2. The highest BCUT2D eigenvalue weighted by Crippen LogP contribution is 2.47. The smallest absolute Gasteiger partial charge is 0.311 e. The van der Waals surface area contributed by atoms with E-state index in [0.717, 1.165) is 130 Å². The highest BCUT2D eigenvalue weighted by molar-refractivity contribution is 5.79. The van der Waals surface area contributed by atoms with Crippen LogP contribution in [0.4, 0.5) is 0 Å². The van der Waals surface area contributed by atoms with E-state index in [2.05, 4.69) is 83.1 Å². The van der Waals surface area contributed by atoms with Gasteiger partial charge in [0.05, 0.1) is 12.8 Å². The first-order valence-electron chi connectivity index (χ1n) is 29.0. The SMILES string of the molecule is CC(=O)Oc1c(C)c(C)c2c(c1C)CC[C@@](C)(CCC[C@H](C)CCC[C@H](C)CCCC(C)C)O2.Cc1c(C)c2c(c(C)c1OC(=O)CCC(=O)O)CC[C@@](C)(CCC[C@H](C)CCC[C@H](C)CCCC(C)C)O2. The summed E-state index contributed by atoms with van der Waals surface area (Å²) in [5.74, 6) is 6.41. The van der Waals surface area contributed by atoms with E-state index in [9.17, 15) is 14.4 Å². The third-order valence-electron chi connectivity index (χ3n) is 16.7. The van der Waals surface area contributed by atoms with Crippen molar-refractivity contribution >= 4 is 17.9 Å². The fourth-order valence-corrected chi connectivity index (χ4v) is 11.3. The molecule has 0 radical (unpaired) electrons. The van der Waals surface area contributed by atoms with Gasteiger partial charge in [0.1, 0.15) is 34.2 Å². The molecular formula is C64H106O8. The summed E-state index contributed by atoms with van der Waals surface area (Å²) in [6.07, 6.45) is 26.9. The minimum Gasteiger partial charge on any atom is -0.487 e. The molecule has 4 rings (SSSR count). The fraction of sp³-hybridized carbons (Fsp3) is 0.766. The lowest BCUT2D eigenvalue weighted by molar-refractivity contribution is -0.142. The highest BCUT2D eigenvalue weighted by Gasteiger charge is 2.36. The van der Waals surface area contributed by atoms with Crippen LogP contribution in [0.15, 0.2) is 0 Å². The van der Waals surface area contributed by atoms with Gasteiger partial charge in [0, 0.05) is 18.1 Å². The zero-order valence-electron chi connectivity index (χ0n) is 49.2. The molecule has 410 valence electrons. The van der Waals surface area contributed by atoms with Gasteiger partial charge in [-0.3, -0.25) is 14.4 Å². The predicted molar refractivity (Wildman–Crippen MR) is 299 cm³/mol. The summed E-state index contributed by atoms with van der Waals surface area (Å²) in [6.45, 7) is 37.1. The molecule has 2 aromatic carbocycles. The number of carboxylic acids is 1. The lowest BCUT2D eigenvalue weighted by Crippen LogP contribution is -2.37. The Bertz CT molecular complexity index is 2030. The first-order valence-corrected chi connectivity index (χ1v) is 29.0. The first-order chi connectivity index (χ1) is 33.8. The van der Waals surface area contributed by atoms with Crippen LogP contribution >= 0.6 is 0 Å². The molecule has 0 bridgehead atoms. The molecule has 0 spiro atoms. The summed E-state index contributed by atoms with van der Waals surface area (Å²) >= 11 is 0. The number of carboxylic acid groups (broad SMARTS) is 1. The number of carbonyl (C=O) groups is 3. The molecule has 0 fully saturated rings. The van der Waals surface area contributed by atoms with E-state index < -0.39 is 11.9 Å². The summed E-state index contributed by atoms with van der Waals surface area (Å²) in [4.78, 5) is 34.6. The Balaban J connectivity index is 0.000000383. The molecule has 72 heavy (non-hydrogen) atoms. The van der Waals surface area contributed by atoms with Gasteiger partial charge >= 0.3 is 17.9 Å². The third kappa shape index (κ3) is 20.6. The van der Waals surface area contributed by atoms with Crippen molar-refractivity contribution in [1.29, 1.82) is 0 Å². The van der Waals surface area contributed by atoms with Crippen LogP contribution in [0.25, 0.3) is 0 Å². The summed E-state index contributed by atoms with van der Waals surface area (Å²) in [5.41, 5.74) is 8.06. The van der Waals surface area contributed by atoms with Gasteiger partial charge in [0.25, 0.3) is 0 Å². The maximum absolute atomic E-state index is 12.2. The number of rotatable bonds is 29. The average molecular weight is 1000 g/mol. The maximum Gasteiger partial charge on any atom is 0.311 e.